The Labute approximate surface area is 180 Å². The molecule has 162 valence electrons. The molecule has 8 heteroatoms. The summed E-state index contributed by atoms with van der Waals surface area (Å²) in [5, 5.41) is 6.48. The molecule has 0 saturated carbocycles. The summed E-state index contributed by atoms with van der Waals surface area (Å²) in [6.07, 6.45) is 0.936. The number of thioether (sulfide) groups is 1. The molecule has 0 spiro atoms. The van der Waals surface area contributed by atoms with Gasteiger partial charge in [-0.1, -0.05) is 6.07 Å². The standard InChI is InChI=1S/C22H28F2N4OS/c1-25-22(26-9-2-14-30-19-6-4-18(23)5-7-19)27-16-17-3-8-21(20(24)15-17)28-10-12-29-13-11-28/h3-8,15H,2,9-14,16H2,1H3,(H2,25,26,27). The van der Waals surface area contributed by atoms with Crippen molar-refractivity contribution in [2.75, 3.05) is 50.5 Å². The fourth-order valence-electron chi connectivity index (χ4n) is 3.13. The lowest BCUT2D eigenvalue weighted by Gasteiger charge is -2.29. The van der Waals surface area contributed by atoms with Crippen LogP contribution in [0.15, 0.2) is 52.4 Å². The molecule has 2 aromatic carbocycles. The van der Waals surface area contributed by atoms with Gasteiger partial charge < -0.3 is 20.3 Å². The number of nitrogens with zero attached hydrogens (tertiary/aromatic N) is 2. The number of ether oxygens (including phenoxy) is 1. The van der Waals surface area contributed by atoms with E-state index in [1.165, 1.54) is 12.1 Å². The molecule has 1 aliphatic heterocycles. The Kier molecular flexibility index (Phi) is 8.77. The topological polar surface area (TPSA) is 48.9 Å². The molecule has 5 nitrogen and oxygen atoms in total. The molecule has 1 saturated heterocycles. The number of hydrogen-bond donors (Lipinski definition) is 2. The molecule has 2 aromatic rings. The van der Waals surface area contributed by atoms with E-state index in [0.717, 1.165) is 29.2 Å². The average molecular weight is 435 g/mol. The molecule has 2 N–H and O–H groups in total. The van der Waals surface area contributed by atoms with Crippen LogP contribution in [-0.4, -0.2) is 51.6 Å². The Hall–Kier alpha value is -2.32. The first kappa shape index (κ1) is 22.4. The SMILES string of the molecule is CN=C(NCCCSc1ccc(F)cc1)NCc1ccc(N2CCOCC2)c(F)c1. The number of nitrogens with one attached hydrogen (secondary N) is 2. The first-order valence-electron chi connectivity index (χ1n) is 10.1. The van der Waals surface area contributed by atoms with Crippen molar-refractivity contribution in [2.24, 2.45) is 4.99 Å². The van der Waals surface area contributed by atoms with Gasteiger partial charge >= 0.3 is 0 Å². The van der Waals surface area contributed by atoms with E-state index in [2.05, 4.69) is 15.6 Å². The quantitative estimate of drug-likeness (QED) is 0.288. The predicted molar refractivity (Wildman–Crippen MR) is 119 cm³/mol. The Bertz CT molecular complexity index is 826. The van der Waals surface area contributed by atoms with Crippen molar-refractivity contribution >= 4 is 23.4 Å². The molecule has 0 unspecified atom stereocenters. The third-order valence-electron chi connectivity index (χ3n) is 4.74. The molecule has 0 aromatic heterocycles. The van der Waals surface area contributed by atoms with E-state index in [-0.39, 0.29) is 11.6 Å². The summed E-state index contributed by atoms with van der Waals surface area (Å²) >= 11 is 1.69. The molecular weight excluding hydrogens is 406 g/mol. The summed E-state index contributed by atoms with van der Waals surface area (Å²) in [5.41, 5.74) is 1.49. The van der Waals surface area contributed by atoms with Gasteiger partial charge in [0, 0.05) is 38.1 Å². The van der Waals surface area contributed by atoms with E-state index in [1.54, 1.807) is 37.0 Å². The van der Waals surface area contributed by atoms with Crippen molar-refractivity contribution in [3.05, 3.63) is 59.7 Å². The van der Waals surface area contributed by atoms with Crippen LogP contribution in [0.1, 0.15) is 12.0 Å². The van der Waals surface area contributed by atoms with Gasteiger partial charge in [-0.2, -0.15) is 0 Å². The Balaban J connectivity index is 1.38. The third-order valence-corrected chi connectivity index (χ3v) is 5.84. The van der Waals surface area contributed by atoms with Crippen molar-refractivity contribution in [2.45, 2.75) is 17.9 Å². The van der Waals surface area contributed by atoms with E-state index in [0.29, 0.717) is 44.5 Å². The fraction of sp³-hybridized carbons (Fsp3) is 0.409. The first-order valence-corrected chi connectivity index (χ1v) is 11.1. The van der Waals surface area contributed by atoms with Crippen molar-refractivity contribution in [1.29, 1.82) is 0 Å². The van der Waals surface area contributed by atoms with Crippen LogP contribution in [0.3, 0.4) is 0 Å². The minimum Gasteiger partial charge on any atom is -0.378 e. The van der Waals surface area contributed by atoms with Gasteiger partial charge in [-0.25, -0.2) is 8.78 Å². The van der Waals surface area contributed by atoms with Crippen molar-refractivity contribution < 1.29 is 13.5 Å². The number of rotatable bonds is 8. The monoisotopic (exact) mass is 434 g/mol. The first-order chi connectivity index (χ1) is 14.7. The molecule has 1 fully saturated rings. The van der Waals surface area contributed by atoms with Gasteiger partial charge in [-0.15, -0.1) is 11.8 Å². The van der Waals surface area contributed by atoms with E-state index in [4.69, 9.17) is 4.74 Å². The lowest BCUT2D eigenvalue weighted by atomic mass is 10.1. The van der Waals surface area contributed by atoms with Gasteiger partial charge in [-0.3, -0.25) is 4.99 Å². The van der Waals surface area contributed by atoms with Crippen LogP contribution in [0.5, 0.6) is 0 Å². The van der Waals surface area contributed by atoms with Crippen LogP contribution in [-0.2, 0) is 11.3 Å². The maximum Gasteiger partial charge on any atom is 0.191 e. The molecule has 0 amide bonds. The average Bonchev–Trinajstić information content (AvgIpc) is 2.77. The molecule has 0 atom stereocenters. The lowest BCUT2D eigenvalue weighted by Crippen LogP contribution is -2.37. The lowest BCUT2D eigenvalue weighted by molar-refractivity contribution is 0.122. The zero-order valence-corrected chi connectivity index (χ0v) is 18.0. The predicted octanol–water partition coefficient (Wildman–Crippen LogP) is 3.65. The van der Waals surface area contributed by atoms with Gasteiger partial charge in [0.1, 0.15) is 11.6 Å². The van der Waals surface area contributed by atoms with Crippen LogP contribution in [0.25, 0.3) is 0 Å². The van der Waals surface area contributed by atoms with Gasteiger partial charge in [0.25, 0.3) is 0 Å². The molecular formula is C22H28F2N4OS. The van der Waals surface area contributed by atoms with Gasteiger partial charge in [0.15, 0.2) is 5.96 Å². The number of hydrogen-bond acceptors (Lipinski definition) is 4. The van der Waals surface area contributed by atoms with Gasteiger partial charge in [-0.05, 0) is 54.1 Å². The number of morpholine rings is 1. The molecule has 0 bridgehead atoms. The molecule has 3 rings (SSSR count). The zero-order chi connectivity index (χ0) is 21.2. The Morgan fingerprint density at radius 2 is 1.87 bits per heavy atom. The smallest absolute Gasteiger partial charge is 0.191 e. The Morgan fingerprint density at radius 3 is 2.57 bits per heavy atom. The summed E-state index contributed by atoms with van der Waals surface area (Å²) in [6.45, 7) is 3.94. The largest absolute Gasteiger partial charge is 0.378 e. The normalized spacial score (nSPS) is 14.6. The zero-order valence-electron chi connectivity index (χ0n) is 17.2. The number of halogens is 2. The number of anilines is 1. The Morgan fingerprint density at radius 1 is 1.10 bits per heavy atom. The van der Waals surface area contributed by atoms with E-state index >= 15 is 0 Å². The van der Waals surface area contributed by atoms with Crippen molar-refractivity contribution in [1.82, 2.24) is 10.6 Å². The fourth-order valence-corrected chi connectivity index (χ4v) is 3.98. The van der Waals surface area contributed by atoms with E-state index in [9.17, 15) is 8.78 Å². The van der Waals surface area contributed by atoms with E-state index < -0.39 is 0 Å². The summed E-state index contributed by atoms with van der Waals surface area (Å²) in [5.74, 6) is 1.17. The molecule has 1 aliphatic rings. The van der Waals surface area contributed by atoms with Crippen LogP contribution < -0.4 is 15.5 Å². The highest BCUT2D eigenvalue weighted by atomic mass is 32.2. The van der Waals surface area contributed by atoms with Crippen LogP contribution in [0.4, 0.5) is 14.5 Å². The number of aliphatic imine (C=N–C) groups is 1. The molecule has 0 aliphatic carbocycles. The highest BCUT2D eigenvalue weighted by Gasteiger charge is 2.15. The maximum atomic E-state index is 14.5. The minimum atomic E-state index is -0.216. The van der Waals surface area contributed by atoms with E-state index in [1.807, 2.05) is 17.0 Å². The highest BCUT2D eigenvalue weighted by Crippen LogP contribution is 2.21. The van der Waals surface area contributed by atoms with Crippen LogP contribution in [0, 0.1) is 11.6 Å². The molecule has 1 heterocycles. The molecule has 30 heavy (non-hydrogen) atoms. The highest BCUT2D eigenvalue weighted by molar-refractivity contribution is 7.99. The number of benzene rings is 2. The van der Waals surface area contributed by atoms with Gasteiger partial charge in [0.05, 0.1) is 18.9 Å². The van der Waals surface area contributed by atoms with Crippen LogP contribution >= 0.6 is 11.8 Å². The van der Waals surface area contributed by atoms with Crippen molar-refractivity contribution in [3.8, 4) is 0 Å². The summed E-state index contributed by atoms with van der Waals surface area (Å²) in [6, 6.07) is 11.9. The van der Waals surface area contributed by atoms with Crippen LogP contribution in [0.2, 0.25) is 0 Å². The molecule has 0 radical (unpaired) electrons. The maximum absolute atomic E-state index is 14.5. The number of guanidine groups is 1. The summed E-state index contributed by atoms with van der Waals surface area (Å²) in [4.78, 5) is 7.28. The second kappa shape index (κ2) is 11.8. The minimum absolute atomic E-state index is 0.211. The second-order valence-electron chi connectivity index (χ2n) is 6.89. The summed E-state index contributed by atoms with van der Waals surface area (Å²) in [7, 11) is 1.71. The third kappa shape index (κ3) is 6.88. The second-order valence-corrected chi connectivity index (χ2v) is 8.06. The van der Waals surface area contributed by atoms with Crippen molar-refractivity contribution in [3.63, 3.8) is 0 Å². The van der Waals surface area contributed by atoms with Gasteiger partial charge in [0.2, 0.25) is 0 Å². The summed E-state index contributed by atoms with van der Waals surface area (Å²) < 4.78 is 32.8.